The van der Waals surface area contributed by atoms with Crippen LogP contribution in [0.25, 0.3) is 0 Å². The number of halogens is 2. The highest BCUT2D eigenvalue weighted by Crippen LogP contribution is 2.34. The Morgan fingerprint density at radius 3 is 2.44 bits per heavy atom. The van der Waals surface area contributed by atoms with Crippen LogP contribution < -0.4 is 14.8 Å². The zero-order valence-electron chi connectivity index (χ0n) is 14.4. The summed E-state index contributed by atoms with van der Waals surface area (Å²) in [6, 6.07) is 12.0. The van der Waals surface area contributed by atoms with Gasteiger partial charge in [-0.1, -0.05) is 48.2 Å². The number of nitrogens with one attached hydrogen (secondary N) is 1. The van der Waals surface area contributed by atoms with Crippen LogP contribution >= 0.6 is 23.2 Å². The molecular weight excluding hydrogens is 357 g/mol. The fraction of sp³-hybridized carbons (Fsp3) is 0.400. The van der Waals surface area contributed by atoms with Gasteiger partial charge in [-0.05, 0) is 42.2 Å². The van der Waals surface area contributed by atoms with Crippen LogP contribution in [0.4, 0.5) is 0 Å². The Kier molecular flexibility index (Phi) is 6.46. The van der Waals surface area contributed by atoms with Gasteiger partial charge in [-0.15, -0.1) is 0 Å². The van der Waals surface area contributed by atoms with E-state index in [0.29, 0.717) is 34.2 Å². The topological polar surface area (TPSA) is 30.5 Å². The molecule has 0 spiro atoms. The quantitative estimate of drug-likeness (QED) is 0.677. The predicted octanol–water partition coefficient (Wildman–Crippen LogP) is 5.61. The van der Waals surface area contributed by atoms with Crippen LogP contribution in [0.3, 0.4) is 0 Å². The molecule has 1 saturated carbocycles. The first-order valence-corrected chi connectivity index (χ1v) is 9.38. The van der Waals surface area contributed by atoms with Crippen molar-refractivity contribution in [3.63, 3.8) is 0 Å². The van der Waals surface area contributed by atoms with E-state index in [4.69, 9.17) is 32.7 Å². The molecule has 0 atom stereocenters. The molecule has 3 rings (SSSR count). The van der Waals surface area contributed by atoms with Gasteiger partial charge >= 0.3 is 0 Å². The Bertz CT molecular complexity index is 698. The van der Waals surface area contributed by atoms with E-state index in [-0.39, 0.29) is 0 Å². The largest absolute Gasteiger partial charge is 0.493 e. The smallest absolute Gasteiger partial charge is 0.163 e. The molecule has 0 heterocycles. The van der Waals surface area contributed by atoms with Crippen molar-refractivity contribution in [1.82, 2.24) is 5.32 Å². The molecule has 1 N–H and O–H groups in total. The molecule has 0 saturated heterocycles. The van der Waals surface area contributed by atoms with E-state index in [1.165, 1.54) is 25.7 Å². The molecule has 25 heavy (non-hydrogen) atoms. The summed E-state index contributed by atoms with van der Waals surface area (Å²) in [6.07, 6.45) is 5.12. The van der Waals surface area contributed by atoms with Crippen molar-refractivity contribution in [2.24, 2.45) is 0 Å². The maximum absolute atomic E-state index is 6.45. The first-order valence-electron chi connectivity index (χ1n) is 8.63. The molecule has 0 radical (unpaired) electrons. The number of hydrogen-bond acceptors (Lipinski definition) is 3. The van der Waals surface area contributed by atoms with Gasteiger partial charge in [0.15, 0.2) is 11.5 Å². The van der Waals surface area contributed by atoms with Crippen LogP contribution in [0.5, 0.6) is 11.5 Å². The summed E-state index contributed by atoms with van der Waals surface area (Å²) >= 11 is 12.4. The molecule has 0 unspecified atom stereocenters. The maximum Gasteiger partial charge on any atom is 0.163 e. The normalized spacial score (nSPS) is 14.7. The fourth-order valence-electron chi connectivity index (χ4n) is 3.11. The molecule has 5 heteroatoms. The second-order valence-corrected chi connectivity index (χ2v) is 7.22. The van der Waals surface area contributed by atoms with Crippen LogP contribution in [0.15, 0.2) is 36.4 Å². The number of benzene rings is 2. The molecule has 0 bridgehead atoms. The van der Waals surface area contributed by atoms with Crippen molar-refractivity contribution in [2.45, 2.75) is 44.9 Å². The average molecular weight is 380 g/mol. The molecule has 0 aliphatic heterocycles. The maximum atomic E-state index is 6.45. The number of rotatable bonds is 7. The van der Waals surface area contributed by atoms with Gasteiger partial charge in [0.05, 0.1) is 7.11 Å². The zero-order chi connectivity index (χ0) is 17.6. The van der Waals surface area contributed by atoms with Gasteiger partial charge in [-0.2, -0.15) is 0 Å². The Labute approximate surface area is 159 Å². The van der Waals surface area contributed by atoms with Crippen molar-refractivity contribution in [3.05, 3.63) is 57.6 Å². The lowest BCUT2D eigenvalue weighted by Crippen LogP contribution is -2.25. The van der Waals surface area contributed by atoms with Crippen LogP contribution in [0.2, 0.25) is 10.0 Å². The van der Waals surface area contributed by atoms with E-state index in [1.54, 1.807) is 7.11 Å². The van der Waals surface area contributed by atoms with Crippen molar-refractivity contribution in [3.8, 4) is 11.5 Å². The second kappa shape index (κ2) is 8.79. The summed E-state index contributed by atoms with van der Waals surface area (Å²) in [5.41, 5.74) is 2.07. The van der Waals surface area contributed by atoms with Crippen LogP contribution in [-0.2, 0) is 13.2 Å². The standard InChI is InChI=1S/C20H23Cl2NO2/c1-24-19-10-15(12-23-17-4-2-3-5-17)18(22)11-20(19)25-13-14-6-8-16(21)9-7-14/h6-11,17,23H,2-5,12-13H2,1H3. The summed E-state index contributed by atoms with van der Waals surface area (Å²) in [6.45, 7) is 1.18. The van der Waals surface area contributed by atoms with E-state index >= 15 is 0 Å². The summed E-state index contributed by atoms with van der Waals surface area (Å²) in [5, 5.41) is 4.98. The Balaban J connectivity index is 1.66. The minimum atomic E-state index is 0.434. The SMILES string of the molecule is COc1cc(CNC2CCCC2)c(Cl)cc1OCc1ccc(Cl)cc1. The minimum Gasteiger partial charge on any atom is -0.493 e. The third-order valence-electron chi connectivity index (χ3n) is 4.58. The van der Waals surface area contributed by atoms with E-state index < -0.39 is 0 Å². The Hall–Kier alpha value is -1.42. The Morgan fingerprint density at radius 1 is 1.04 bits per heavy atom. The lowest BCUT2D eigenvalue weighted by molar-refractivity contribution is 0.284. The van der Waals surface area contributed by atoms with Gasteiger partial charge < -0.3 is 14.8 Å². The molecular formula is C20H23Cl2NO2. The van der Waals surface area contributed by atoms with Gasteiger partial charge in [0.25, 0.3) is 0 Å². The second-order valence-electron chi connectivity index (χ2n) is 6.37. The molecule has 2 aromatic carbocycles. The summed E-state index contributed by atoms with van der Waals surface area (Å²) in [4.78, 5) is 0. The van der Waals surface area contributed by atoms with Crippen LogP contribution in [0, 0.1) is 0 Å². The third kappa shape index (κ3) is 5.04. The molecule has 0 amide bonds. The fourth-order valence-corrected chi connectivity index (χ4v) is 3.46. The lowest BCUT2D eigenvalue weighted by Gasteiger charge is -2.16. The van der Waals surface area contributed by atoms with Crippen LogP contribution in [0.1, 0.15) is 36.8 Å². The minimum absolute atomic E-state index is 0.434. The zero-order valence-corrected chi connectivity index (χ0v) is 15.9. The first-order chi connectivity index (χ1) is 12.2. The summed E-state index contributed by atoms with van der Waals surface area (Å²) in [5.74, 6) is 1.34. The molecule has 3 nitrogen and oxygen atoms in total. The van der Waals surface area contributed by atoms with E-state index in [2.05, 4.69) is 5.32 Å². The molecule has 0 aromatic heterocycles. The summed E-state index contributed by atoms with van der Waals surface area (Å²) < 4.78 is 11.4. The Morgan fingerprint density at radius 2 is 1.76 bits per heavy atom. The van der Waals surface area contributed by atoms with Crippen molar-refractivity contribution in [2.75, 3.05) is 7.11 Å². The van der Waals surface area contributed by atoms with Crippen molar-refractivity contribution >= 4 is 23.2 Å². The van der Waals surface area contributed by atoms with E-state index in [0.717, 1.165) is 17.7 Å². The molecule has 2 aromatic rings. The average Bonchev–Trinajstić information content (AvgIpc) is 3.14. The highest BCUT2D eigenvalue weighted by atomic mass is 35.5. The van der Waals surface area contributed by atoms with Crippen molar-refractivity contribution < 1.29 is 9.47 Å². The van der Waals surface area contributed by atoms with E-state index in [9.17, 15) is 0 Å². The third-order valence-corrected chi connectivity index (χ3v) is 5.18. The monoisotopic (exact) mass is 379 g/mol. The van der Waals surface area contributed by atoms with Crippen molar-refractivity contribution in [1.29, 1.82) is 0 Å². The lowest BCUT2D eigenvalue weighted by atomic mass is 10.1. The highest BCUT2D eigenvalue weighted by Gasteiger charge is 2.16. The molecule has 1 fully saturated rings. The van der Waals surface area contributed by atoms with Crippen LogP contribution in [-0.4, -0.2) is 13.2 Å². The number of hydrogen-bond donors (Lipinski definition) is 1. The number of ether oxygens (including phenoxy) is 2. The first kappa shape index (κ1) is 18.4. The molecule has 1 aliphatic carbocycles. The summed E-state index contributed by atoms with van der Waals surface area (Å²) in [7, 11) is 1.65. The predicted molar refractivity (Wildman–Crippen MR) is 103 cm³/mol. The highest BCUT2D eigenvalue weighted by molar-refractivity contribution is 6.31. The van der Waals surface area contributed by atoms with Gasteiger partial charge in [-0.25, -0.2) is 0 Å². The van der Waals surface area contributed by atoms with E-state index in [1.807, 2.05) is 36.4 Å². The van der Waals surface area contributed by atoms with Gasteiger partial charge in [-0.3, -0.25) is 0 Å². The molecule has 134 valence electrons. The van der Waals surface area contributed by atoms with Gasteiger partial charge in [0, 0.05) is 28.7 Å². The number of methoxy groups -OCH3 is 1. The molecule has 1 aliphatic rings. The van der Waals surface area contributed by atoms with Gasteiger partial charge in [0.1, 0.15) is 6.61 Å². The van der Waals surface area contributed by atoms with Gasteiger partial charge in [0.2, 0.25) is 0 Å².